The zero-order valence-corrected chi connectivity index (χ0v) is 20.7. The Kier molecular flexibility index (Phi) is 6.40. The van der Waals surface area contributed by atoms with Gasteiger partial charge in [-0.25, -0.2) is 4.79 Å². The molecule has 0 amide bonds. The van der Waals surface area contributed by atoms with Crippen molar-refractivity contribution in [1.82, 2.24) is 4.57 Å². The molecule has 0 radical (unpaired) electrons. The summed E-state index contributed by atoms with van der Waals surface area (Å²) in [5.41, 5.74) is 1.20. The fraction of sp³-hybridized carbons (Fsp3) is 0.143. The Hall–Kier alpha value is -4.24. The Morgan fingerprint density at radius 1 is 1.00 bits per heavy atom. The van der Waals surface area contributed by atoms with E-state index in [2.05, 4.69) is 5.32 Å². The number of carbonyl (C=O) groups excluding carboxylic acids is 1. The molecule has 0 bridgehead atoms. The van der Waals surface area contributed by atoms with Gasteiger partial charge in [-0.15, -0.1) is 0 Å². The molecule has 1 aliphatic rings. The van der Waals surface area contributed by atoms with Crippen molar-refractivity contribution < 1.29 is 32.6 Å². The number of carboxylic acids is 1. The normalized spacial score (nSPS) is 12.7. The Morgan fingerprint density at radius 3 is 2.42 bits per heavy atom. The molecule has 3 aromatic carbocycles. The van der Waals surface area contributed by atoms with Crippen LogP contribution in [0.5, 0.6) is 5.75 Å². The van der Waals surface area contributed by atoms with E-state index >= 15 is 0 Å². The van der Waals surface area contributed by atoms with Crippen LogP contribution >= 0.6 is 11.6 Å². The number of hydrogen-bond donors (Lipinski definition) is 2. The molecule has 0 spiro atoms. The van der Waals surface area contributed by atoms with Gasteiger partial charge < -0.3 is 19.7 Å². The largest absolute Gasteiger partial charge is 0.496 e. The van der Waals surface area contributed by atoms with Gasteiger partial charge in [-0.2, -0.15) is 13.2 Å². The number of fused-ring (bicyclic) bond motifs is 2. The first-order chi connectivity index (χ1) is 18.1. The number of para-hydroxylation sites is 1. The zero-order chi connectivity index (χ0) is 27.2. The van der Waals surface area contributed by atoms with Crippen molar-refractivity contribution in [2.75, 3.05) is 12.4 Å². The van der Waals surface area contributed by atoms with Gasteiger partial charge in [-0.3, -0.25) is 4.79 Å². The summed E-state index contributed by atoms with van der Waals surface area (Å²) >= 11 is 6.45. The topological polar surface area (TPSA) is 80.6 Å². The van der Waals surface area contributed by atoms with Crippen LogP contribution in [0.25, 0.3) is 11.1 Å². The number of methoxy groups -OCH3 is 1. The summed E-state index contributed by atoms with van der Waals surface area (Å²) in [6.07, 6.45) is -4.62. The first kappa shape index (κ1) is 25.4. The lowest BCUT2D eigenvalue weighted by Gasteiger charge is -2.16. The van der Waals surface area contributed by atoms with Crippen LogP contribution in [0.15, 0.2) is 66.7 Å². The van der Waals surface area contributed by atoms with E-state index in [1.165, 1.54) is 43.5 Å². The number of anilines is 1. The fourth-order valence-corrected chi connectivity index (χ4v) is 5.00. The Bertz CT molecular complexity index is 1590. The van der Waals surface area contributed by atoms with Gasteiger partial charge in [0.05, 0.1) is 31.3 Å². The van der Waals surface area contributed by atoms with Crippen molar-refractivity contribution in [1.29, 1.82) is 0 Å². The second kappa shape index (κ2) is 9.57. The predicted octanol–water partition coefficient (Wildman–Crippen LogP) is 6.74. The molecule has 0 unspecified atom stereocenters. The monoisotopic (exact) mass is 540 g/mol. The maximum Gasteiger partial charge on any atom is 0.417 e. The minimum absolute atomic E-state index is 0.00200. The maximum atomic E-state index is 13.8. The third-order valence-electron chi connectivity index (χ3n) is 6.52. The SMILES string of the molecule is COc1cc(-c2ccccc2C(F)(F)F)c(Cl)cc1C(=O)c1cc(C(=O)O)n2c1CNc1ccccc1C2. The van der Waals surface area contributed by atoms with Crippen molar-refractivity contribution in [3.05, 3.63) is 105 Å². The number of aromatic carboxylic acids is 1. The van der Waals surface area contributed by atoms with Crippen molar-refractivity contribution in [3.63, 3.8) is 0 Å². The summed E-state index contributed by atoms with van der Waals surface area (Å²) in [4.78, 5) is 25.9. The molecule has 0 fully saturated rings. The van der Waals surface area contributed by atoms with E-state index in [9.17, 15) is 27.9 Å². The molecule has 2 N–H and O–H groups in total. The second-order valence-corrected chi connectivity index (χ2v) is 9.10. The first-order valence-electron chi connectivity index (χ1n) is 11.5. The first-order valence-corrected chi connectivity index (χ1v) is 11.8. The summed E-state index contributed by atoms with van der Waals surface area (Å²) in [5, 5.41) is 13.0. The molecule has 38 heavy (non-hydrogen) atoms. The van der Waals surface area contributed by atoms with E-state index < -0.39 is 23.5 Å². The van der Waals surface area contributed by atoms with Crippen molar-refractivity contribution in [2.45, 2.75) is 19.3 Å². The average molecular weight is 541 g/mol. The maximum absolute atomic E-state index is 13.8. The van der Waals surface area contributed by atoms with E-state index in [0.29, 0.717) is 5.69 Å². The van der Waals surface area contributed by atoms with Crippen LogP contribution in [0.1, 0.15) is 43.2 Å². The molecular formula is C28H20ClF3N2O4. The van der Waals surface area contributed by atoms with E-state index in [-0.39, 0.29) is 51.8 Å². The Labute approximate surface area is 220 Å². The highest BCUT2D eigenvalue weighted by molar-refractivity contribution is 6.34. The second-order valence-electron chi connectivity index (χ2n) is 8.70. The Balaban J connectivity index is 1.63. The number of benzene rings is 3. The molecule has 1 aromatic heterocycles. The zero-order valence-electron chi connectivity index (χ0n) is 19.9. The average Bonchev–Trinajstić information content (AvgIpc) is 3.14. The molecule has 0 saturated heterocycles. The van der Waals surface area contributed by atoms with Crippen LogP contribution < -0.4 is 10.1 Å². The fourth-order valence-electron chi connectivity index (χ4n) is 4.73. The third-order valence-corrected chi connectivity index (χ3v) is 6.83. The molecule has 2 heterocycles. The molecule has 5 rings (SSSR count). The Morgan fingerprint density at radius 2 is 1.71 bits per heavy atom. The van der Waals surface area contributed by atoms with Gasteiger partial charge in [-0.1, -0.05) is 48.0 Å². The minimum Gasteiger partial charge on any atom is -0.496 e. The molecule has 10 heteroatoms. The number of nitrogens with one attached hydrogen (secondary N) is 1. The van der Waals surface area contributed by atoms with Crippen LogP contribution in [0, 0.1) is 0 Å². The van der Waals surface area contributed by atoms with Crippen molar-refractivity contribution in [3.8, 4) is 16.9 Å². The summed E-state index contributed by atoms with van der Waals surface area (Å²) in [6, 6.07) is 16.3. The van der Waals surface area contributed by atoms with Crippen LogP contribution in [0.2, 0.25) is 5.02 Å². The van der Waals surface area contributed by atoms with Crippen LogP contribution in [0.3, 0.4) is 0 Å². The lowest BCUT2D eigenvalue weighted by molar-refractivity contribution is -0.137. The number of alkyl halides is 3. The van der Waals surface area contributed by atoms with Gasteiger partial charge in [0.25, 0.3) is 0 Å². The molecular weight excluding hydrogens is 521 g/mol. The lowest BCUT2D eigenvalue weighted by atomic mass is 9.95. The van der Waals surface area contributed by atoms with E-state index in [0.717, 1.165) is 17.3 Å². The summed E-state index contributed by atoms with van der Waals surface area (Å²) in [6.45, 7) is 0.414. The third kappa shape index (κ3) is 4.39. The summed E-state index contributed by atoms with van der Waals surface area (Å²) in [5.74, 6) is -1.76. The van der Waals surface area contributed by atoms with E-state index in [1.807, 2.05) is 24.3 Å². The number of carboxylic acid groups (broad SMARTS) is 1. The number of ether oxygens (including phenoxy) is 1. The molecule has 194 valence electrons. The van der Waals surface area contributed by atoms with Gasteiger partial charge in [0.15, 0.2) is 5.78 Å². The van der Waals surface area contributed by atoms with Crippen LogP contribution in [0.4, 0.5) is 18.9 Å². The number of ketones is 1. The highest BCUT2D eigenvalue weighted by atomic mass is 35.5. The van der Waals surface area contributed by atoms with E-state index in [4.69, 9.17) is 16.3 Å². The number of hydrogen-bond acceptors (Lipinski definition) is 4. The van der Waals surface area contributed by atoms with Crippen molar-refractivity contribution in [2.24, 2.45) is 0 Å². The van der Waals surface area contributed by atoms with Gasteiger partial charge in [0.2, 0.25) is 0 Å². The number of carbonyl (C=O) groups is 2. The number of aromatic nitrogens is 1. The van der Waals surface area contributed by atoms with Gasteiger partial charge in [0.1, 0.15) is 11.4 Å². The van der Waals surface area contributed by atoms with Crippen LogP contribution in [-0.4, -0.2) is 28.5 Å². The molecule has 6 nitrogen and oxygen atoms in total. The highest BCUT2D eigenvalue weighted by Crippen LogP contribution is 2.42. The number of halogens is 4. The van der Waals surface area contributed by atoms with E-state index in [1.54, 1.807) is 4.57 Å². The number of nitrogens with zero attached hydrogens (tertiary/aromatic N) is 1. The number of rotatable bonds is 5. The summed E-state index contributed by atoms with van der Waals surface area (Å²) < 4.78 is 47.9. The molecule has 0 saturated carbocycles. The van der Waals surface area contributed by atoms with Crippen molar-refractivity contribution >= 4 is 29.0 Å². The smallest absolute Gasteiger partial charge is 0.417 e. The van der Waals surface area contributed by atoms with Gasteiger partial charge in [0, 0.05) is 27.5 Å². The standard InChI is InChI=1S/C28H20ClF3N2O4/c1-38-25-12-17(16-7-3-4-8-20(16)28(30,31)32)21(29)10-19(25)26(35)18-11-23(27(36)37)34-14-15-6-2-5-9-22(15)33-13-24(18)34/h2-12,33H,13-14H2,1H3,(H,36,37). The lowest BCUT2D eigenvalue weighted by Crippen LogP contribution is -2.13. The van der Waals surface area contributed by atoms with Crippen LogP contribution in [-0.2, 0) is 19.3 Å². The highest BCUT2D eigenvalue weighted by Gasteiger charge is 2.34. The molecule has 4 aromatic rings. The van der Waals surface area contributed by atoms with Gasteiger partial charge in [-0.05, 0) is 41.5 Å². The summed E-state index contributed by atoms with van der Waals surface area (Å²) in [7, 11) is 1.29. The molecule has 0 aliphatic carbocycles. The minimum atomic E-state index is -4.62. The molecule has 1 aliphatic heterocycles. The quantitative estimate of drug-likeness (QED) is 0.274. The molecule has 0 atom stereocenters. The predicted molar refractivity (Wildman–Crippen MR) is 136 cm³/mol. The van der Waals surface area contributed by atoms with Gasteiger partial charge >= 0.3 is 12.1 Å².